The summed E-state index contributed by atoms with van der Waals surface area (Å²) in [5, 5.41) is 20.0. The van der Waals surface area contributed by atoms with E-state index in [9.17, 15) is 14.9 Å². The van der Waals surface area contributed by atoms with Crippen molar-refractivity contribution < 1.29 is 14.8 Å². The molecule has 0 saturated heterocycles. The Kier molecular flexibility index (Phi) is 4.18. The summed E-state index contributed by atoms with van der Waals surface area (Å²) in [6.07, 6.45) is 0. The van der Waals surface area contributed by atoms with Crippen LogP contribution in [0.5, 0.6) is 0 Å². The zero-order valence-corrected chi connectivity index (χ0v) is 11.4. The van der Waals surface area contributed by atoms with E-state index < -0.39 is 16.6 Å². The molecular formula is C15H14N2O4. The third kappa shape index (κ3) is 3.00. The van der Waals surface area contributed by atoms with E-state index in [0.717, 1.165) is 5.69 Å². The van der Waals surface area contributed by atoms with Gasteiger partial charge < -0.3 is 10.0 Å². The molecule has 0 saturated carbocycles. The van der Waals surface area contributed by atoms with Crippen LogP contribution in [0.4, 0.5) is 17.1 Å². The monoisotopic (exact) mass is 286 g/mol. The normalized spacial score (nSPS) is 10.1. The largest absolute Gasteiger partial charge is 0.477 e. The highest BCUT2D eigenvalue weighted by Gasteiger charge is 2.21. The molecule has 0 aliphatic carbocycles. The summed E-state index contributed by atoms with van der Waals surface area (Å²) in [5.41, 5.74) is 0.750. The van der Waals surface area contributed by atoms with Crippen molar-refractivity contribution >= 4 is 23.0 Å². The van der Waals surface area contributed by atoms with Gasteiger partial charge in [0, 0.05) is 24.0 Å². The van der Waals surface area contributed by atoms with Crippen molar-refractivity contribution in [1.29, 1.82) is 0 Å². The fraction of sp³-hybridized carbons (Fsp3) is 0.133. The predicted molar refractivity (Wildman–Crippen MR) is 79.2 cm³/mol. The van der Waals surface area contributed by atoms with Gasteiger partial charge in [0.25, 0.3) is 5.69 Å². The summed E-state index contributed by atoms with van der Waals surface area (Å²) < 4.78 is 0. The number of carboxylic acid groups (broad SMARTS) is 1. The highest BCUT2D eigenvalue weighted by molar-refractivity contribution is 5.93. The fourth-order valence-electron chi connectivity index (χ4n) is 2.14. The molecular weight excluding hydrogens is 272 g/mol. The van der Waals surface area contributed by atoms with E-state index in [1.54, 1.807) is 6.07 Å². The summed E-state index contributed by atoms with van der Waals surface area (Å²) in [6.45, 7) is 2.53. The predicted octanol–water partition coefficient (Wildman–Crippen LogP) is 3.45. The molecule has 0 amide bonds. The Labute approximate surface area is 121 Å². The van der Waals surface area contributed by atoms with Crippen molar-refractivity contribution in [3.05, 3.63) is 64.2 Å². The Bertz CT molecular complexity index is 671. The fourth-order valence-corrected chi connectivity index (χ4v) is 2.14. The minimum atomic E-state index is -1.31. The summed E-state index contributed by atoms with van der Waals surface area (Å²) >= 11 is 0. The summed E-state index contributed by atoms with van der Waals surface area (Å²) in [5.74, 6) is -1.31. The van der Waals surface area contributed by atoms with Crippen molar-refractivity contribution in [1.82, 2.24) is 0 Å². The van der Waals surface area contributed by atoms with E-state index in [0.29, 0.717) is 12.2 Å². The maximum Gasteiger partial charge on any atom is 0.342 e. The first-order valence-corrected chi connectivity index (χ1v) is 6.39. The third-order valence-corrected chi connectivity index (χ3v) is 3.10. The average Bonchev–Trinajstić information content (AvgIpc) is 2.48. The number of aromatic carboxylic acids is 1. The molecule has 108 valence electrons. The minimum Gasteiger partial charge on any atom is -0.477 e. The molecule has 0 atom stereocenters. The van der Waals surface area contributed by atoms with Crippen molar-refractivity contribution in [3.63, 3.8) is 0 Å². The number of carboxylic acids is 1. The number of rotatable bonds is 5. The van der Waals surface area contributed by atoms with Gasteiger partial charge in [-0.1, -0.05) is 18.2 Å². The summed E-state index contributed by atoms with van der Waals surface area (Å²) in [7, 11) is 0. The van der Waals surface area contributed by atoms with Crippen molar-refractivity contribution in [3.8, 4) is 0 Å². The maximum absolute atomic E-state index is 11.0. The second-order valence-electron chi connectivity index (χ2n) is 4.34. The van der Waals surface area contributed by atoms with Gasteiger partial charge in [-0.05, 0) is 31.2 Å². The van der Waals surface area contributed by atoms with Crippen LogP contribution in [0.15, 0.2) is 48.5 Å². The lowest BCUT2D eigenvalue weighted by Crippen LogP contribution is -2.16. The van der Waals surface area contributed by atoms with E-state index in [2.05, 4.69) is 0 Å². The van der Waals surface area contributed by atoms with Gasteiger partial charge in [-0.3, -0.25) is 10.1 Å². The first kappa shape index (κ1) is 14.5. The van der Waals surface area contributed by atoms with Crippen LogP contribution in [-0.2, 0) is 0 Å². The molecule has 0 bridgehead atoms. The van der Waals surface area contributed by atoms with Gasteiger partial charge in [-0.2, -0.15) is 0 Å². The number of para-hydroxylation sites is 1. The molecule has 2 rings (SSSR count). The van der Waals surface area contributed by atoms with Crippen LogP contribution in [-0.4, -0.2) is 22.5 Å². The van der Waals surface area contributed by atoms with Gasteiger partial charge >= 0.3 is 5.97 Å². The van der Waals surface area contributed by atoms with Crippen molar-refractivity contribution in [2.45, 2.75) is 6.92 Å². The van der Waals surface area contributed by atoms with Gasteiger partial charge in [0.05, 0.1) is 4.92 Å². The van der Waals surface area contributed by atoms with Gasteiger partial charge in [0.15, 0.2) is 0 Å². The number of hydrogen-bond donors (Lipinski definition) is 1. The summed E-state index contributed by atoms with van der Waals surface area (Å²) in [4.78, 5) is 23.3. The molecule has 0 spiro atoms. The van der Waals surface area contributed by atoms with Crippen molar-refractivity contribution in [2.75, 3.05) is 11.4 Å². The van der Waals surface area contributed by atoms with E-state index in [1.165, 1.54) is 12.1 Å². The number of nitro benzene ring substituents is 1. The molecule has 21 heavy (non-hydrogen) atoms. The Morgan fingerprint density at radius 2 is 1.86 bits per heavy atom. The second kappa shape index (κ2) is 6.04. The molecule has 0 aliphatic heterocycles. The Balaban J connectivity index is 2.51. The quantitative estimate of drug-likeness (QED) is 0.672. The molecule has 0 fully saturated rings. The number of nitro groups is 1. The van der Waals surface area contributed by atoms with E-state index >= 15 is 0 Å². The molecule has 2 aromatic carbocycles. The highest BCUT2D eigenvalue weighted by Crippen LogP contribution is 2.30. The van der Waals surface area contributed by atoms with Crippen molar-refractivity contribution in [2.24, 2.45) is 0 Å². The van der Waals surface area contributed by atoms with Crippen LogP contribution >= 0.6 is 0 Å². The molecule has 0 radical (unpaired) electrons. The van der Waals surface area contributed by atoms with Gasteiger partial charge in [0.1, 0.15) is 5.56 Å². The molecule has 0 heterocycles. The molecule has 0 aromatic heterocycles. The van der Waals surface area contributed by atoms with Crippen LogP contribution < -0.4 is 4.90 Å². The number of benzene rings is 2. The first-order valence-electron chi connectivity index (χ1n) is 6.39. The molecule has 6 heteroatoms. The first-order chi connectivity index (χ1) is 10.0. The molecule has 6 nitrogen and oxygen atoms in total. The average molecular weight is 286 g/mol. The maximum atomic E-state index is 11.0. The van der Waals surface area contributed by atoms with Crippen LogP contribution in [0, 0.1) is 10.1 Å². The number of anilines is 2. The second-order valence-corrected chi connectivity index (χ2v) is 4.34. The van der Waals surface area contributed by atoms with E-state index in [4.69, 9.17) is 5.11 Å². The van der Waals surface area contributed by atoms with E-state index in [-0.39, 0.29) is 5.56 Å². The SMILES string of the molecule is CCN(c1ccccc1)c1ccc(C(=O)O)c([N+](=O)[O-])c1. The Morgan fingerprint density at radius 1 is 1.19 bits per heavy atom. The number of carbonyl (C=O) groups is 1. The lowest BCUT2D eigenvalue weighted by Gasteiger charge is -2.23. The van der Waals surface area contributed by atoms with Crippen LogP contribution in [0.2, 0.25) is 0 Å². The van der Waals surface area contributed by atoms with Gasteiger partial charge in [-0.15, -0.1) is 0 Å². The Hall–Kier alpha value is -2.89. The van der Waals surface area contributed by atoms with E-state index in [1.807, 2.05) is 42.2 Å². The summed E-state index contributed by atoms with van der Waals surface area (Å²) in [6, 6.07) is 13.5. The highest BCUT2D eigenvalue weighted by atomic mass is 16.6. The standard InChI is InChI=1S/C15H14N2O4/c1-2-16(11-6-4-3-5-7-11)12-8-9-13(15(18)19)14(10-12)17(20)21/h3-10H,2H2,1H3,(H,18,19). The Morgan fingerprint density at radius 3 is 2.38 bits per heavy atom. The van der Waals surface area contributed by atoms with Gasteiger partial charge in [-0.25, -0.2) is 4.79 Å². The molecule has 0 unspecified atom stereocenters. The number of nitrogens with zero attached hydrogens (tertiary/aromatic N) is 2. The topological polar surface area (TPSA) is 83.7 Å². The van der Waals surface area contributed by atoms with Crippen LogP contribution in [0.25, 0.3) is 0 Å². The lowest BCUT2D eigenvalue weighted by atomic mass is 10.1. The molecule has 0 aliphatic rings. The third-order valence-electron chi connectivity index (χ3n) is 3.10. The zero-order valence-electron chi connectivity index (χ0n) is 11.4. The van der Waals surface area contributed by atoms with Crippen LogP contribution in [0.1, 0.15) is 17.3 Å². The minimum absolute atomic E-state index is 0.312. The molecule has 1 N–H and O–H groups in total. The molecule has 2 aromatic rings. The zero-order chi connectivity index (χ0) is 15.4. The van der Waals surface area contributed by atoms with Crippen LogP contribution in [0.3, 0.4) is 0 Å². The smallest absolute Gasteiger partial charge is 0.342 e. The number of hydrogen-bond acceptors (Lipinski definition) is 4. The lowest BCUT2D eigenvalue weighted by molar-refractivity contribution is -0.385. The van der Waals surface area contributed by atoms with Gasteiger partial charge in [0.2, 0.25) is 0 Å².